The zero-order valence-electron chi connectivity index (χ0n) is 19.2. The molecule has 0 aliphatic carbocycles. The lowest BCUT2D eigenvalue weighted by Gasteiger charge is -2.32. The molecule has 164 valence electrons. The molecular weight excluding hydrogens is 411 g/mol. The molecule has 0 atom stereocenters. The predicted molar refractivity (Wildman–Crippen MR) is 130 cm³/mol. The first-order valence-corrected chi connectivity index (χ1v) is 11.0. The molecule has 1 saturated heterocycles. The molecule has 0 spiro atoms. The zero-order chi connectivity index (χ0) is 23.1. The third kappa shape index (κ3) is 4.17. The molecule has 4 aromatic rings. The van der Waals surface area contributed by atoms with Gasteiger partial charge in [-0.2, -0.15) is 0 Å². The summed E-state index contributed by atoms with van der Waals surface area (Å²) >= 11 is 0. The maximum atomic E-state index is 6.23. The second kappa shape index (κ2) is 8.17. The molecule has 0 saturated carbocycles. The van der Waals surface area contributed by atoms with Gasteiger partial charge in [0.15, 0.2) is 0 Å². The van der Waals surface area contributed by atoms with Crippen LogP contribution in [0.15, 0.2) is 79.4 Å². The topological polar surface area (TPSA) is 70.0 Å². The van der Waals surface area contributed by atoms with Crippen molar-refractivity contribution in [2.45, 2.75) is 38.9 Å². The third-order valence-corrected chi connectivity index (χ3v) is 6.30. The van der Waals surface area contributed by atoms with E-state index in [1.165, 1.54) is 0 Å². The van der Waals surface area contributed by atoms with Crippen molar-refractivity contribution >= 4 is 12.6 Å². The first-order chi connectivity index (χ1) is 15.8. The summed E-state index contributed by atoms with van der Waals surface area (Å²) < 4.78 is 12.5. The average Bonchev–Trinajstić information content (AvgIpc) is 3.07. The lowest BCUT2D eigenvalue weighted by Crippen LogP contribution is -2.41. The first kappa shape index (κ1) is 21.4. The quantitative estimate of drug-likeness (QED) is 0.437. The van der Waals surface area contributed by atoms with Crippen molar-refractivity contribution in [3.05, 3.63) is 79.4 Å². The van der Waals surface area contributed by atoms with Gasteiger partial charge in [-0.05, 0) is 75.2 Å². The predicted octanol–water partition coefficient (Wildman–Crippen LogP) is 4.57. The normalized spacial score (nSPS) is 16.7. The van der Waals surface area contributed by atoms with Crippen molar-refractivity contribution in [2.75, 3.05) is 0 Å². The van der Waals surface area contributed by atoms with E-state index in [2.05, 4.69) is 21.0 Å². The fourth-order valence-electron chi connectivity index (χ4n) is 3.71. The molecule has 1 aliphatic rings. The van der Waals surface area contributed by atoms with Gasteiger partial charge in [-0.15, -0.1) is 0 Å². The van der Waals surface area contributed by atoms with E-state index in [1.54, 1.807) is 18.6 Å². The van der Waals surface area contributed by atoms with E-state index in [9.17, 15) is 0 Å². The van der Waals surface area contributed by atoms with Crippen LogP contribution in [-0.2, 0) is 9.31 Å². The Balaban J connectivity index is 1.59. The summed E-state index contributed by atoms with van der Waals surface area (Å²) in [6.45, 7) is 8.19. The second-order valence-corrected chi connectivity index (χ2v) is 9.15. The van der Waals surface area contributed by atoms with E-state index in [4.69, 9.17) is 14.3 Å². The molecule has 6 nitrogen and oxygen atoms in total. The Labute approximate surface area is 194 Å². The number of aromatic nitrogens is 4. The van der Waals surface area contributed by atoms with Crippen molar-refractivity contribution in [1.29, 1.82) is 0 Å². The summed E-state index contributed by atoms with van der Waals surface area (Å²) in [5, 5.41) is 0. The van der Waals surface area contributed by atoms with Crippen molar-refractivity contribution < 1.29 is 9.31 Å². The zero-order valence-corrected chi connectivity index (χ0v) is 19.2. The highest BCUT2D eigenvalue weighted by atomic mass is 16.7. The van der Waals surface area contributed by atoms with Gasteiger partial charge in [-0.25, -0.2) is 4.98 Å². The molecule has 4 aromatic heterocycles. The van der Waals surface area contributed by atoms with E-state index in [-0.39, 0.29) is 0 Å². The molecule has 0 bridgehead atoms. The van der Waals surface area contributed by atoms with Gasteiger partial charge in [0.2, 0.25) is 0 Å². The van der Waals surface area contributed by atoms with Crippen LogP contribution in [0.1, 0.15) is 27.7 Å². The molecule has 1 aliphatic heterocycles. The van der Waals surface area contributed by atoms with Crippen LogP contribution in [0.2, 0.25) is 0 Å². The molecule has 33 heavy (non-hydrogen) atoms. The number of pyridine rings is 4. The Hall–Kier alpha value is -3.42. The number of rotatable bonds is 4. The van der Waals surface area contributed by atoms with Crippen LogP contribution in [0.4, 0.5) is 0 Å². The highest BCUT2D eigenvalue weighted by molar-refractivity contribution is 6.62. The summed E-state index contributed by atoms with van der Waals surface area (Å²) in [4.78, 5) is 18.3. The van der Waals surface area contributed by atoms with Gasteiger partial charge in [-0.3, -0.25) is 15.0 Å². The van der Waals surface area contributed by atoms with Gasteiger partial charge in [0, 0.05) is 30.3 Å². The van der Waals surface area contributed by atoms with Gasteiger partial charge in [0.1, 0.15) is 0 Å². The van der Waals surface area contributed by atoms with Crippen LogP contribution in [0.3, 0.4) is 0 Å². The molecule has 5 rings (SSSR count). The average molecular weight is 436 g/mol. The van der Waals surface area contributed by atoms with Crippen molar-refractivity contribution in [3.63, 3.8) is 0 Å². The maximum absolute atomic E-state index is 6.23. The van der Waals surface area contributed by atoms with E-state index in [0.717, 1.165) is 39.4 Å². The summed E-state index contributed by atoms with van der Waals surface area (Å²) in [6.07, 6.45) is 7.18. The number of hydrogen-bond acceptors (Lipinski definition) is 6. The standard InChI is InChI=1S/C26H25BN4O2/c1-25(2)26(3,4)33-27(32-25)20-13-19(16-28-17-20)18-14-23(21-9-5-7-11-29-21)31-24(15-18)22-10-6-8-12-30-22/h5-17H,1-4H3. The Kier molecular flexibility index (Phi) is 5.31. The lowest BCUT2D eigenvalue weighted by molar-refractivity contribution is 0.00578. The summed E-state index contributed by atoms with van der Waals surface area (Å²) in [7, 11) is -0.477. The van der Waals surface area contributed by atoms with E-state index in [1.807, 2.05) is 82.4 Å². The number of hydrogen-bond donors (Lipinski definition) is 0. The largest absolute Gasteiger partial charge is 0.496 e. The summed E-state index contributed by atoms with van der Waals surface area (Å²) in [6, 6.07) is 17.7. The fourth-order valence-corrected chi connectivity index (χ4v) is 3.71. The Morgan fingerprint density at radius 1 is 0.667 bits per heavy atom. The van der Waals surface area contributed by atoms with Crippen LogP contribution in [0, 0.1) is 0 Å². The Bertz CT molecular complexity index is 1210. The van der Waals surface area contributed by atoms with Gasteiger partial charge < -0.3 is 9.31 Å². The summed E-state index contributed by atoms with van der Waals surface area (Å²) in [5.74, 6) is 0. The minimum atomic E-state index is -0.477. The minimum absolute atomic E-state index is 0.414. The molecule has 0 amide bonds. The molecule has 0 radical (unpaired) electrons. The molecule has 0 N–H and O–H groups in total. The number of nitrogens with zero attached hydrogens (tertiary/aromatic N) is 4. The van der Waals surface area contributed by atoms with Crippen LogP contribution in [0.25, 0.3) is 33.9 Å². The molecule has 1 fully saturated rings. The smallest absolute Gasteiger partial charge is 0.399 e. The van der Waals surface area contributed by atoms with Crippen molar-refractivity contribution in [1.82, 2.24) is 19.9 Å². The van der Waals surface area contributed by atoms with E-state index >= 15 is 0 Å². The highest BCUT2D eigenvalue weighted by Crippen LogP contribution is 2.37. The maximum Gasteiger partial charge on any atom is 0.496 e. The third-order valence-electron chi connectivity index (χ3n) is 6.30. The van der Waals surface area contributed by atoms with Crippen LogP contribution in [0.5, 0.6) is 0 Å². The molecule has 5 heterocycles. The SMILES string of the molecule is CC1(C)OB(c2cncc(-c3cc(-c4ccccn4)nc(-c4ccccn4)c3)c2)OC1(C)C. The van der Waals surface area contributed by atoms with Crippen LogP contribution in [-0.4, -0.2) is 38.3 Å². The van der Waals surface area contributed by atoms with Crippen molar-refractivity contribution in [2.24, 2.45) is 0 Å². The van der Waals surface area contributed by atoms with Gasteiger partial charge >= 0.3 is 7.12 Å². The van der Waals surface area contributed by atoms with Gasteiger partial charge in [0.25, 0.3) is 0 Å². The molecule has 0 aromatic carbocycles. The van der Waals surface area contributed by atoms with Crippen LogP contribution >= 0.6 is 0 Å². The molecular formula is C26H25BN4O2. The van der Waals surface area contributed by atoms with E-state index < -0.39 is 18.3 Å². The first-order valence-electron chi connectivity index (χ1n) is 11.0. The highest BCUT2D eigenvalue weighted by Gasteiger charge is 2.51. The summed E-state index contributed by atoms with van der Waals surface area (Å²) in [5.41, 5.74) is 5.10. The Morgan fingerprint density at radius 2 is 1.24 bits per heavy atom. The fraction of sp³-hybridized carbons (Fsp3) is 0.231. The monoisotopic (exact) mass is 436 g/mol. The Morgan fingerprint density at radius 3 is 1.76 bits per heavy atom. The van der Waals surface area contributed by atoms with Crippen LogP contribution < -0.4 is 5.46 Å². The van der Waals surface area contributed by atoms with E-state index in [0.29, 0.717) is 0 Å². The molecule has 0 unspecified atom stereocenters. The molecule has 7 heteroatoms. The second-order valence-electron chi connectivity index (χ2n) is 9.15. The lowest BCUT2D eigenvalue weighted by atomic mass is 9.79. The minimum Gasteiger partial charge on any atom is -0.399 e. The van der Waals surface area contributed by atoms with Gasteiger partial charge in [-0.1, -0.05) is 18.2 Å². The van der Waals surface area contributed by atoms with Gasteiger partial charge in [0.05, 0.1) is 34.0 Å². The van der Waals surface area contributed by atoms with Crippen molar-refractivity contribution in [3.8, 4) is 33.9 Å².